The SMILES string of the molecule is Cc1ccc(C(C)(C=O)NC(=O)OC(C)(C)C)c(Br)c1. The van der Waals surface area contributed by atoms with E-state index in [1.54, 1.807) is 27.7 Å². The maximum atomic E-state index is 11.9. The van der Waals surface area contributed by atoms with E-state index in [0.717, 1.165) is 10.0 Å². The third kappa shape index (κ3) is 4.34. The van der Waals surface area contributed by atoms with Gasteiger partial charge in [0.15, 0.2) is 0 Å². The molecule has 0 aliphatic carbocycles. The van der Waals surface area contributed by atoms with Crippen LogP contribution in [0.1, 0.15) is 38.8 Å². The summed E-state index contributed by atoms with van der Waals surface area (Å²) in [5.74, 6) is 0. The van der Waals surface area contributed by atoms with E-state index in [9.17, 15) is 9.59 Å². The minimum Gasteiger partial charge on any atom is -0.444 e. The van der Waals surface area contributed by atoms with Gasteiger partial charge in [0.25, 0.3) is 0 Å². The Morgan fingerprint density at radius 3 is 2.35 bits per heavy atom. The first kappa shape index (κ1) is 16.7. The number of benzene rings is 1. The van der Waals surface area contributed by atoms with E-state index >= 15 is 0 Å². The summed E-state index contributed by atoms with van der Waals surface area (Å²) in [6, 6.07) is 5.59. The van der Waals surface area contributed by atoms with Crippen LogP contribution >= 0.6 is 15.9 Å². The lowest BCUT2D eigenvalue weighted by atomic mass is 9.93. The Morgan fingerprint density at radius 2 is 1.90 bits per heavy atom. The number of hydrogen-bond acceptors (Lipinski definition) is 3. The standard InChI is InChI=1S/C15H20BrNO3/c1-10-6-7-11(12(16)8-10)15(5,9-18)17-13(19)20-14(2,3)4/h6-9H,1-5H3,(H,17,19). The van der Waals surface area contributed by atoms with Crippen LogP contribution in [0.5, 0.6) is 0 Å². The molecule has 1 amide bonds. The topological polar surface area (TPSA) is 55.4 Å². The van der Waals surface area contributed by atoms with Crippen LogP contribution in [0.15, 0.2) is 22.7 Å². The molecule has 1 rings (SSSR count). The number of carbonyl (C=O) groups excluding carboxylic acids is 2. The molecule has 5 heteroatoms. The first-order valence-corrected chi connectivity index (χ1v) is 7.11. The second kappa shape index (κ2) is 5.95. The molecule has 0 spiro atoms. The van der Waals surface area contributed by atoms with Crippen LogP contribution in [0.3, 0.4) is 0 Å². The van der Waals surface area contributed by atoms with E-state index in [1.165, 1.54) is 0 Å². The molecule has 0 aliphatic heterocycles. The summed E-state index contributed by atoms with van der Waals surface area (Å²) in [4.78, 5) is 23.4. The molecule has 110 valence electrons. The highest BCUT2D eigenvalue weighted by Gasteiger charge is 2.32. The number of rotatable bonds is 3. The van der Waals surface area contributed by atoms with Gasteiger partial charge in [-0.05, 0) is 51.8 Å². The Labute approximate surface area is 128 Å². The van der Waals surface area contributed by atoms with E-state index in [-0.39, 0.29) is 0 Å². The van der Waals surface area contributed by atoms with Crippen molar-refractivity contribution in [3.63, 3.8) is 0 Å². The zero-order chi connectivity index (χ0) is 15.6. The Bertz CT molecular complexity index is 522. The fourth-order valence-electron chi connectivity index (χ4n) is 1.72. The molecule has 0 bridgehead atoms. The number of hydrogen-bond donors (Lipinski definition) is 1. The molecule has 1 aromatic rings. The zero-order valence-corrected chi connectivity index (χ0v) is 14.0. The number of halogens is 1. The van der Waals surface area contributed by atoms with Crippen LogP contribution in [0.4, 0.5) is 4.79 Å². The van der Waals surface area contributed by atoms with Crippen molar-refractivity contribution in [1.82, 2.24) is 5.32 Å². The second-order valence-corrected chi connectivity index (χ2v) is 6.78. The molecule has 0 radical (unpaired) electrons. The summed E-state index contributed by atoms with van der Waals surface area (Å²) >= 11 is 3.42. The van der Waals surface area contributed by atoms with Gasteiger partial charge in [-0.25, -0.2) is 4.79 Å². The van der Waals surface area contributed by atoms with Gasteiger partial charge in [-0.15, -0.1) is 0 Å². The third-order valence-electron chi connectivity index (χ3n) is 2.68. The van der Waals surface area contributed by atoms with Crippen molar-refractivity contribution >= 4 is 28.3 Å². The predicted molar refractivity (Wildman–Crippen MR) is 81.7 cm³/mol. The van der Waals surface area contributed by atoms with Crippen molar-refractivity contribution in [2.24, 2.45) is 0 Å². The van der Waals surface area contributed by atoms with Gasteiger partial charge in [-0.2, -0.15) is 0 Å². The fourth-order valence-corrected chi connectivity index (χ4v) is 2.62. The second-order valence-electron chi connectivity index (χ2n) is 5.93. The maximum Gasteiger partial charge on any atom is 0.408 e. The van der Waals surface area contributed by atoms with Crippen LogP contribution in [-0.4, -0.2) is 18.0 Å². The molecule has 0 heterocycles. The highest BCUT2D eigenvalue weighted by Crippen LogP contribution is 2.28. The monoisotopic (exact) mass is 341 g/mol. The molecule has 0 fully saturated rings. The van der Waals surface area contributed by atoms with Crippen LogP contribution in [0.2, 0.25) is 0 Å². The van der Waals surface area contributed by atoms with Crippen LogP contribution in [0.25, 0.3) is 0 Å². The zero-order valence-electron chi connectivity index (χ0n) is 12.4. The van der Waals surface area contributed by atoms with Gasteiger partial charge in [-0.1, -0.05) is 28.1 Å². The van der Waals surface area contributed by atoms with Crippen LogP contribution < -0.4 is 5.32 Å². The number of ether oxygens (including phenoxy) is 1. The van der Waals surface area contributed by atoms with Crippen molar-refractivity contribution in [3.8, 4) is 0 Å². The maximum absolute atomic E-state index is 11.9. The van der Waals surface area contributed by atoms with E-state index < -0.39 is 17.2 Å². The van der Waals surface area contributed by atoms with Crippen molar-refractivity contribution in [2.75, 3.05) is 0 Å². The number of nitrogens with one attached hydrogen (secondary N) is 1. The normalized spacial score (nSPS) is 14.3. The number of amides is 1. The van der Waals surface area contributed by atoms with Gasteiger partial charge in [0.05, 0.1) is 0 Å². The van der Waals surface area contributed by atoms with Crippen LogP contribution in [0, 0.1) is 6.92 Å². The minimum absolute atomic E-state index is 0.613. The first-order chi connectivity index (χ1) is 9.07. The van der Waals surface area contributed by atoms with Crippen molar-refractivity contribution in [1.29, 1.82) is 0 Å². The Hall–Kier alpha value is -1.36. The Kier molecular flexibility index (Phi) is 4.97. The molecule has 1 unspecified atom stereocenters. The van der Waals surface area contributed by atoms with E-state index in [1.807, 2.05) is 25.1 Å². The highest BCUT2D eigenvalue weighted by molar-refractivity contribution is 9.10. The minimum atomic E-state index is -1.14. The Balaban J connectivity index is 3.03. The summed E-state index contributed by atoms with van der Waals surface area (Å²) in [6.45, 7) is 8.90. The molecular weight excluding hydrogens is 322 g/mol. The quantitative estimate of drug-likeness (QED) is 0.853. The van der Waals surface area contributed by atoms with Crippen molar-refractivity contribution in [2.45, 2.75) is 45.8 Å². The van der Waals surface area contributed by atoms with E-state index in [0.29, 0.717) is 11.8 Å². The van der Waals surface area contributed by atoms with Gasteiger partial charge in [-0.3, -0.25) is 0 Å². The van der Waals surface area contributed by atoms with Gasteiger partial charge in [0.2, 0.25) is 0 Å². The van der Waals surface area contributed by atoms with Gasteiger partial charge >= 0.3 is 6.09 Å². The summed E-state index contributed by atoms with van der Waals surface area (Å²) in [7, 11) is 0. The van der Waals surface area contributed by atoms with Crippen molar-refractivity contribution < 1.29 is 14.3 Å². The number of aryl methyl sites for hydroxylation is 1. The summed E-state index contributed by atoms with van der Waals surface area (Å²) in [5.41, 5.74) is -0.0112. The van der Waals surface area contributed by atoms with Gasteiger partial charge in [0.1, 0.15) is 17.4 Å². The van der Waals surface area contributed by atoms with E-state index in [4.69, 9.17) is 4.74 Å². The summed E-state index contributed by atoms with van der Waals surface area (Å²) in [5, 5.41) is 2.62. The lowest BCUT2D eigenvalue weighted by Gasteiger charge is -2.28. The van der Waals surface area contributed by atoms with E-state index in [2.05, 4.69) is 21.2 Å². The number of carbonyl (C=O) groups is 2. The predicted octanol–water partition coefficient (Wildman–Crippen LogP) is 3.70. The smallest absolute Gasteiger partial charge is 0.408 e. The third-order valence-corrected chi connectivity index (χ3v) is 3.34. The lowest BCUT2D eigenvalue weighted by Crippen LogP contribution is -2.47. The van der Waals surface area contributed by atoms with Crippen molar-refractivity contribution in [3.05, 3.63) is 33.8 Å². The summed E-state index contributed by atoms with van der Waals surface area (Å²) < 4.78 is 5.96. The molecule has 0 saturated heterocycles. The lowest BCUT2D eigenvalue weighted by molar-refractivity contribution is -0.113. The molecule has 0 saturated carbocycles. The average Bonchev–Trinajstić information content (AvgIpc) is 2.25. The molecule has 20 heavy (non-hydrogen) atoms. The number of aldehydes is 1. The highest BCUT2D eigenvalue weighted by atomic mass is 79.9. The largest absolute Gasteiger partial charge is 0.444 e. The molecule has 0 aliphatic rings. The molecule has 1 N–H and O–H groups in total. The summed E-state index contributed by atoms with van der Waals surface area (Å²) in [6.07, 6.45) is 0.0753. The van der Waals surface area contributed by atoms with Crippen LogP contribution in [-0.2, 0) is 15.1 Å². The molecule has 1 atom stereocenters. The molecular formula is C15H20BrNO3. The molecule has 4 nitrogen and oxygen atoms in total. The number of alkyl carbamates (subject to hydrolysis) is 1. The Morgan fingerprint density at radius 1 is 1.30 bits per heavy atom. The molecule has 1 aromatic carbocycles. The average molecular weight is 342 g/mol. The molecule has 0 aromatic heterocycles. The van der Waals surface area contributed by atoms with Gasteiger partial charge < -0.3 is 14.8 Å². The fraction of sp³-hybridized carbons (Fsp3) is 0.467. The first-order valence-electron chi connectivity index (χ1n) is 6.31. The van der Waals surface area contributed by atoms with Gasteiger partial charge in [0, 0.05) is 4.47 Å².